The van der Waals surface area contributed by atoms with Crippen LogP contribution in [0, 0.1) is 0 Å². The summed E-state index contributed by atoms with van der Waals surface area (Å²) in [5.74, 6) is 0.472. The Balaban J connectivity index is 3.11. The first-order chi connectivity index (χ1) is 5.65. The van der Waals surface area contributed by atoms with Crippen molar-refractivity contribution in [2.24, 2.45) is 0 Å². The van der Waals surface area contributed by atoms with Gasteiger partial charge in [0.05, 0.1) is 6.61 Å². The van der Waals surface area contributed by atoms with Gasteiger partial charge in [-0.15, -0.1) is 0 Å². The molecule has 0 fully saturated rings. The summed E-state index contributed by atoms with van der Waals surface area (Å²) in [5.41, 5.74) is 2.24. The Morgan fingerprint density at radius 3 is 2.58 bits per heavy atom. The summed E-state index contributed by atoms with van der Waals surface area (Å²) in [6, 6.07) is 6.03. The van der Waals surface area contributed by atoms with E-state index in [-0.39, 0.29) is 6.61 Å². The minimum absolute atomic E-state index is 0.118. The predicted molar refractivity (Wildman–Crippen MR) is 54.2 cm³/mol. The van der Waals surface area contributed by atoms with Gasteiger partial charge >= 0.3 is 0 Å². The van der Waals surface area contributed by atoms with Gasteiger partial charge in [-0.25, -0.2) is 0 Å². The quantitative estimate of drug-likeness (QED) is 0.826. The first-order valence-electron chi connectivity index (χ1n) is 4.04. The van der Waals surface area contributed by atoms with E-state index in [2.05, 4.69) is 35.8 Å². The van der Waals surface area contributed by atoms with Gasteiger partial charge in [0.1, 0.15) is 0 Å². The van der Waals surface area contributed by atoms with Crippen LogP contribution in [0.25, 0.3) is 0 Å². The molecule has 66 valence electrons. The summed E-state index contributed by atoms with van der Waals surface area (Å²) in [5, 5.41) is 9.07. The van der Waals surface area contributed by atoms with E-state index in [4.69, 9.17) is 5.11 Å². The Morgan fingerprint density at radius 2 is 2.08 bits per heavy atom. The van der Waals surface area contributed by atoms with Crippen LogP contribution in [0.3, 0.4) is 0 Å². The summed E-state index contributed by atoms with van der Waals surface area (Å²) in [6.45, 7) is 4.37. The van der Waals surface area contributed by atoms with Gasteiger partial charge in [-0.1, -0.05) is 35.8 Å². The molecular weight excluding hydrogens is 216 g/mol. The first kappa shape index (κ1) is 9.75. The van der Waals surface area contributed by atoms with Gasteiger partial charge in [-0.2, -0.15) is 0 Å². The normalized spacial score (nSPS) is 10.8. The maximum atomic E-state index is 9.07. The van der Waals surface area contributed by atoms with Crippen molar-refractivity contribution in [3.63, 3.8) is 0 Å². The number of hydrogen-bond donors (Lipinski definition) is 1. The minimum Gasteiger partial charge on any atom is -0.392 e. The highest BCUT2D eigenvalue weighted by Crippen LogP contribution is 2.23. The van der Waals surface area contributed by atoms with Gasteiger partial charge in [0.15, 0.2) is 0 Å². The third-order valence-electron chi connectivity index (χ3n) is 1.90. The van der Waals surface area contributed by atoms with Gasteiger partial charge in [0.2, 0.25) is 0 Å². The Hall–Kier alpha value is -0.340. The molecule has 0 aliphatic heterocycles. The highest BCUT2D eigenvalue weighted by atomic mass is 79.9. The maximum Gasteiger partial charge on any atom is 0.0685 e. The van der Waals surface area contributed by atoms with Crippen molar-refractivity contribution < 1.29 is 5.11 Å². The molecule has 0 aliphatic carbocycles. The molecule has 0 aromatic heterocycles. The van der Waals surface area contributed by atoms with Gasteiger partial charge in [0.25, 0.3) is 0 Å². The Labute approximate surface area is 81.6 Å². The van der Waals surface area contributed by atoms with Crippen LogP contribution in [0.1, 0.15) is 30.9 Å². The van der Waals surface area contributed by atoms with Crippen molar-refractivity contribution in [3.8, 4) is 0 Å². The second-order valence-electron chi connectivity index (χ2n) is 3.16. The first-order valence-corrected chi connectivity index (χ1v) is 4.83. The van der Waals surface area contributed by atoms with Crippen LogP contribution in [-0.4, -0.2) is 5.11 Å². The summed E-state index contributed by atoms with van der Waals surface area (Å²) < 4.78 is 1.02. The molecule has 0 radical (unpaired) electrons. The van der Waals surface area contributed by atoms with E-state index >= 15 is 0 Å². The summed E-state index contributed by atoms with van der Waals surface area (Å²) in [6.07, 6.45) is 0. The van der Waals surface area contributed by atoms with Gasteiger partial charge in [0, 0.05) is 4.47 Å². The fourth-order valence-electron chi connectivity index (χ4n) is 1.27. The topological polar surface area (TPSA) is 20.2 Å². The molecule has 0 saturated carbocycles. The number of rotatable bonds is 2. The molecule has 0 bridgehead atoms. The van der Waals surface area contributed by atoms with Crippen molar-refractivity contribution in [1.29, 1.82) is 0 Å². The van der Waals surface area contributed by atoms with Crippen molar-refractivity contribution in [1.82, 2.24) is 0 Å². The maximum absolute atomic E-state index is 9.07. The van der Waals surface area contributed by atoms with Crippen LogP contribution in [0.4, 0.5) is 0 Å². The van der Waals surface area contributed by atoms with Crippen LogP contribution in [0.5, 0.6) is 0 Å². The van der Waals surface area contributed by atoms with Crippen LogP contribution in [0.2, 0.25) is 0 Å². The van der Waals surface area contributed by atoms with E-state index in [9.17, 15) is 0 Å². The summed E-state index contributed by atoms with van der Waals surface area (Å²) >= 11 is 3.38. The molecule has 0 heterocycles. The molecule has 0 atom stereocenters. The molecule has 1 nitrogen and oxygen atoms in total. The second kappa shape index (κ2) is 4.06. The third kappa shape index (κ3) is 2.08. The van der Waals surface area contributed by atoms with Crippen molar-refractivity contribution in [2.45, 2.75) is 26.4 Å². The molecular formula is C10H13BrO. The lowest BCUT2D eigenvalue weighted by Gasteiger charge is -2.10. The highest BCUT2D eigenvalue weighted by Gasteiger charge is 2.05. The zero-order chi connectivity index (χ0) is 9.14. The van der Waals surface area contributed by atoms with Crippen LogP contribution < -0.4 is 0 Å². The zero-order valence-electron chi connectivity index (χ0n) is 7.34. The Bertz CT molecular complexity index is 269. The highest BCUT2D eigenvalue weighted by molar-refractivity contribution is 9.10. The number of benzene rings is 1. The standard InChI is InChI=1S/C10H13BrO/c1-7(2)10-4-3-9(11)5-8(10)6-12/h3-5,7,12H,6H2,1-2H3. The fourth-order valence-corrected chi connectivity index (χ4v) is 1.68. The lowest BCUT2D eigenvalue weighted by Crippen LogP contribution is -1.95. The molecule has 0 unspecified atom stereocenters. The van der Waals surface area contributed by atoms with Crippen molar-refractivity contribution in [3.05, 3.63) is 33.8 Å². The Kier molecular flexibility index (Phi) is 3.29. The predicted octanol–water partition coefficient (Wildman–Crippen LogP) is 3.06. The molecule has 0 saturated heterocycles. The van der Waals surface area contributed by atoms with Crippen LogP contribution in [-0.2, 0) is 6.61 Å². The van der Waals surface area contributed by atoms with E-state index in [0.717, 1.165) is 10.0 Å². The van der Waals surface area contributed by atoms with E-state index in [1.54, 1.807) is 0 Å². The molecule has 2 heteroatoms. The summed E-state index contributed by atoms with van der Waals surface area (Å²) in [7, 11) is 0. The van der Waals surface area contributed by atoms with Crippen molar-refractivity contribution in [2.75, 3.05) is 0 Å². The molecule has 12 heavy (non-hydrogen) atoms. The fraction of sp³-hybridized carbons (Fsp3) is 0.400. The molecule has 1 aromatic rings. The van der Waals surface area contributed by atoms with Crippen molar-refractivity contribution >= 4 is 15.9 Å². The lowest BCUT2D eigenvalue weighted by molar-refractivity contribution is 0.280. The van der Waals surface area contributed by atoms with E-state index in [1.807, 2.05) is 12.1 Å². The van der Waals surface area contributed by atoms with E-state index in [1.165, 1.54) is 5.56 Å². The third-order valence-corrected chi connectivity index (χ3v) is 2.39. The molecule has 1 rings (SSSR count). The zero-order valence-corrected chi connectivity index (χ0v) is 8.93. The number of aliphatic hydroxyl groups is 1. The van der Waals surface area contributed by atoms with Crippen LogP contribution in [0.15, 0.2) is 22.7 Å². The Morgan fingerprint density at radius 1 is 1.42 bits per heavy atom. The summed E-state index contributed by atoms with van der Waals surface area (Å²) in [4.78, 5) is 0. The van der Waals surface area contributed by atoms with Gasteiger partial charge in [-0.05, 0) is 29.2 Å². The smallest absolute Gasteiger partial charge is 0.0685 e. The van der Waals surface area contributed by atoms with E-state index < -0.39 is 0 Å². The lowest BCUT2D eigenvalue weighted by atomic mass is 9.98. The van der Waals surface area contributed by atoms with Gasteiger partial charge < -0.3 is 5.11 Å². The minimum atomic E-state index is 0.118. The van der Waals surface area contributed by atoms with Gasteiger partial charge in [-0.3, -0.25) is 0 Å². The molecule has 1 N–H and O–H groups in total. The monoisotopic (exact) mass is 228 g/mol. The number of hydrogen-bond acceptors (Lipinski definition) is 1. The largest absolute Gasteiger partial charge is 0.392 e. The molecule has 0 aliphatic rings. The SMILES string of the molecule is CC(C)c1ccc(Br)cc1CO. The molecule has 1 aromatic carbocycles. The molecule has 0 spiro atoms. The number of aliphatic hydroxyl groups excluding tert-OH is 1. The average molecular weight is 229 g/mol. The average Bonchev–Trinajstić information content (AvgIpc) is 2.03. The number of halogens is 1. The second-order valence-corrected chi connectivity index (χ2v) is 4.07. The molecule has 0 amide bonds. The van der Waals surface area contributed by atoms with Crippen LogP contribution >= 0.6 is 15.9 Å². The van der Waals surface area contributed by atoms with E-state index in [0.29, 0.717) is 5.92 Å².